The van der Waals surface area contributed by atoms with Crippen molar-refractivity contribution < 1.29 is 0 Å². The second kappa shape index (κ2) is 6.85. The first-order chi connectivity index (χ1) is 4.85. The van der Waals surface area contributed by atoms with Crippen molar-refractivity contribution in [3.63, 3.8) is 0 Å². The molecule has 0 aromatic heterocycles. The third-order valence-electron chi connectivity index (χ3n) is 1.64. The fourth-order valence-electron chi connectivity index (χ4n) is 1.26. The Morgan fingerprint density at radius 3 is 1.80 bits per heavy atom. The van der Waals surface area contributed by atoms with E-state index in [1.807, 2.05) is 0 Å². The minimum Gasteiger partial charge on any atom is -0.0856 e. The summed E-state index contributed by atoms with van der Waals surface area (Å²) in [4.78, 5) is 0. The number of rotatable bonds is 5. The molecular formula is C10H20. The van der Waals surface area contributed by atoms with Crippen LogP contribution < -0.4 is 0 Å². The van der Waals surface area contributed by atoms with Crippen LogP contribution in [0.3, 0.4) is 0 Å². The van der Waals surface area contributed by atoms with Crippen molar-refractivity contribution in [2.75, 3.05) is 0 Å². The first-order valence-electron chi connectivity index (χ1n) is 4.53. The van der Waals surface area contributed by atoms with Crippen LogP contribution in [0.2, 0.25) is 0 Å². The van der Waals surface area contributed by atoms with Crippen molar-refractivity contribution in [3.05, 3.63) is 11.6 Å². The van der Waals surface area contributed by atoms with Gasteiger partial charge in [0.05, 0.1) is 0 Å². The fourth-order valence-corrected chi connectivity index (χ4v) is 1.26. The molecule has 10 heavy (non-hydrogen) atoms. The Morgan fingerprint density at radius 2 is 1.50 bits per heavy atom. The van der Waals surface area contributed by atoms with Crippen LogP contribution in [0, 0.1) is 0 Å². The molecule has 0 aliphatic carbocycles. The second-order valence-electron chi connectivity index (χ2n) is 2.77. The summed E-state index contributed by atoms with van der Waals surface area (Å²) in [6.45, 7) is 6.71. The van der Waals surface area contributed by atoms with Gasteiger partial charge < -0.3 is 0 Å². The zero-order valence-corrected chi connectivity index (χ0v) is 7.61. The standard InChI is InChI=1S/C10H20/c1-4-7-10(8-5-2)9-6-3/h7H,4-6,8-9H2,1-3H3. The fraction of sp³-hybridized carbons (Fsp3) is 0.800. The molecule has 0 aromatic rings. The Hall–Kier alpha value is -0.260. The molecule has 0 aliphatic heterocycles. The van der Waals surface area contributed by atoms with E-state index in [0.29, 0.717) is 0 Å². The van der Waals surface area contributed by atoms with E-state index >= 15 is 0 Å². The molecule has 0 atom stereocenters. The van der Waals surface area contributed by atoms with Crippen molar-refractivity contribution in [1.82, 2.24) is 0 Å². The first-order valence-corrected chi connectivity index (χ1v) is 4.53. The Morgan fingerprint density at radius 1 is 1.00 bits per heavy atom. The molecule has 60 valence electrons. The van der Waals surface area contributed by atoms with Crippen LogP contribution in [0.5, 0.6) is 0 Å². The maximum absolute atomic E-state index is 2.38. The Labute approximate surface area is 65.3 Å². The predicted molar refractivity (Wildman–Crippen MR) is 48.2 cm³/mol. The van der Waals surface area contributed by atoms with E-state index in [4.69, 9.17) is 0 Å². The summed E-state index contributed by atoms with van der Waals surface area (Å²) in [7, 11) is 0. The van der Waals surface area contributed by atoms with Crippen molar-refractivity contribution >= 4 is 0 Å². The average Bonchev–Trinajstić information content (AvgIpc) is 1.90. The highest BCUT2D eigenvalue weighted by Crippen LogP contribution is 2.12. The molecule has 0 heterocycles. The van der Waals surface area contributed by atoms with Gasteiger partial charge >= 0.3 is 0 Å². The molecular weight excluding hydrogens is 120 g/mol. The molecule has 0 bridgehead atoms. The number of allylic oxidation sites excluding steroid dienone is 2. The maximum atomic E-state index is 2.38. The van der Waals surface area contributed by atoms with E-state index in [-0.39, 0.29) is 0 Å². The molecule has 0 aliphatic rings. The Balaban J connectivity index is 3.60. The van der Waals surface area contributed by atoms with Crippen LogP contribution in [0.25, 0.3) is 0 Å². The van der Waals surface area contributed by atoms with E-state index in [9.17, 15) is 0 Å². The largest absolute Gasteiger partial charge is 0.0856 e. The van der Waals surface area contributed by atoms with Gasteiger partial charge in [-0.25, -0.2) is 0 Å². The van der Waals surface area contributed by atoms with Gasteiger partial charge in [-0.2, -0.15) is 0 Å². The number of hydrogen-bond acceptors (Lipinski definition) is 0. The van der Waals surface area contributed by atoms with E-state index in [1.165, 1.54) is 32.1 Å². The minimum atomic E-state index is 1.20. The summed E-state index contributed by atoms with van der Waals surface area (Å²) in [6.07, 6.45) is 8.80. The quantitative estimate of drug-likeness (QED) is 0.508. The monoisotopic (exact) mass is 140 g/mol. The molecule has 0 aromatic carbocycles. The maximum Gasteiger partial charge on any atom is -0.0323 e. The van der Waals surface area contributed by atoms with Crippen molar-refractivity contribution in [1.29, 1.82) is 0 Å². The van der Waals surface area contributed by atoms with Gasteiger partial charge in [-0.15, -0.1) is 0 Å². The molecule has 0 unspecified atom stereocenters. The molecule has 0 nitrogen and oxygen atoms in total. The van der Waals surface area contributed by atoms with E-state index in [0.717, 1.165) is 0 Å². The zero-order chi connectivity index (χ0) is 7.82. The summed E-state index contributed by atoms with van der Waals surface area (Å²) in [5.74, 6) is 0. The van der Waals surface area contributed by atoms with E-state index in [1.54, 1.807) is 5.57 Å². The molecule has 0 spiro atoms. The minimum absolute atomic E-state index is 1.20. The lowest BCUT2D eigenvalue weighted by Gasteiger charge is -2.02. The van der Waals surface area contributed by atoms with Gasteiger partial charge in [-0.3, -0.25) is 0 Å². The smallest absolute Gasteiger partial charge is 0.0323 e. The average molecular weight is 140 g/mol. The Kier molecular flexibility index (Phi) is 6.68. The lowest BCUT2D eigenvalue weighted by Crippen LogP contribution is -1.81. The molecule has 0 fully saturated rings. The van der Waals surface area contributed by atoms with Crippen LogP contribution in [-0.4, -0.2) is 0 Å². The zero-order valence-electron chi connectivity index (χ0n) is 7.61. The molecule has 0 saturated heterocycles. The lowest BCUT2D eigenvalue weighted by atomic mass is 10.0. The molecule has 0 N–H and O–H groups in total. The summed E-state index contributed by atoms with van der Waals surface area (Å²) in [5, 5.41) is 0. The van der Waals surface area contributed by atoms with Crippen LogP contribution in [0.15, 0.2) is 11.6 Å². The summed E-state index contributed by atoms with van der Waals surface area (Å²) in [6, 6.07) is 0. The second-order valence-corrected chi connectivity index (χ2v) is 2.77. The van der Waals surface area contributed by atoms with Crippen LogP contribution in [0.4, 0.5) is 0 Å². The highest BCUT2D eigenvalue weighted by Gasteiger charge is 1.91. The summed E-state index contributed by atoms with van der Waals surface area (Å²) >= 11 is 0. The van der Waals surface area contributed by atoms with Crippen molar-refractivity contribution in [3.8, 4) is 0 Å². The van der Waals surface area contributed by atoms with Crippen LogP contribution in [-0.2, 0) is 0 Å². The first kappa shape index (κ1) is 9.74. The highest BCUT2D eigenvalue weighted by molar-refractivity contribution is 5.00. The molecule has 0 rings (SSSR count). The van der Waals surface area contributed by atoms with Gasteiger partial charge in [-0.1, -0.05) is 45.3 Å². The Bertz CT molecular complexity index is 82.2. The van der Waals surface area contributed by atoms with E-state index < -0.39 is 0 Å². The van der Waals surface area contributed by atoms with Crippen molar-refractivity contribution in [2.45, 2.75) is 52.9 Å². The van der Waals surface area contributed by atoms with Gasteiger partial charge in [0.25, 0.3) is 0 Å². The molecule has 0 saturated carbocycles. The van der Waals surface area contributed by atoms with Gasteiger partial charge in [-0.05, 0) is 19.3 Å². The van der Waals surface area contributed by atoms with Crippen LogP contribution in [0.1, 0.15) is 52.9 Å². The third-order valence-corrected chi connectivity index (χ3v) is 1.64. The van der Waals surface area contributed by atoms with Gasteiger partial charge in [0, 0.05) is 0 Å². The van der Waals surface area contributed by atoms with Crippen LogP contribution >= 0.6 is 0 Å². The van der Waals surface area contributed by atoms with Gasteiger partial charge in [0.2, 0.25) is 0 Å². The lowest BCUT2D eigenvalue weighted by molar-refractivity contribution is 0.796. The topological polar surface area (TPSA) is 0 Å². The molecule has 0 radical (unpaired) electrons. The third kappa shape index (κ3) is 4.60. The van der Waals surface area contributed by atoms with Gasteiger partial charge in [0.15, 0.2) is 0 Å². The predicted octanol–water partition coefficient (Wildman–Crippen LogP) is 3.92. The summed E-state index contributed by atoms with van der Waals surface area (Å²) in [5.41, 5.74) is 1.66. The normalized spacial score (nSPS) is 9.50. The van der Waals surface area contributed by atoms with Crippen molar-refractivity contribution in [2.24, 2.45) is 0 Å². The number of hydrogen-bond donors (Lipinski definition) is 0. The van der Waals surface area contributed by atoms with Gasteiger partial charge in [0.1, 0.15) is 0 Å². The molecule has 0 amide bonds. The summed E-state index contributed by atoms with van der Waals surface area (Å²) < 4.78 is 0. The SMILES string of the molecule is CCC=C(CCC)CCC. The molecule has 0 heteroatoms. The highest BCUT2D eigenvalue weighted by atomic mass is 14.0. The van der Waals surface area contributed by atoms with E-state index in [2.05, 4.69) is 26.8 Å².